The molecule has 0 aliphatic heterocycles. The summed E-state index contributed by atoms with van der Waals surface area (Å²) in [6.45, 7) is 8.30. The summed E-state index contributed by atoms with van der Waals surface area (Å²) < 4.78 is 5.73. The minimum atomic E-state index is -0.241. The van der Waals surface area contributed by atoms with Crippen LogP contribution in [0.2, 0.25) is 0 Å². The molecule has 130 valence electrons. The highest BCUT2D eigenvalue weighted by molar-refractivity contribution is 5.78. The Morgan fingerprint density at radius 1 is 1.38 bits per heavy atom. The monoisotopic (exact) mass is 328 g/mol. The molecule has 1 saturated carbocycles. The van der Waals surface area contributed by atoms with Gasteiger partial charge in [0.1, 0.15) is 12.4 Å². The van der Waals surface area contributed by atoms with Crippen LogP contribution < -0.4 is 0 Å². The molecule has 3 heteroatoms. The minimum Gasteiger partial charge on any atom is -0.458 e. The first-order valence-electron chi connectivity index (χ1n) is 9.10. The Morgan fingerprint density at radius 3 is 2.75 bits per heavy atom. The van der Waals surface area contributed by atoms with Crippen LogP contribution in [-0.2, 0) is 14.3 Å². The Kier molecular flexibility index (Phi) is 4.54. The van der Waals surface area contributed by atoms with Gasteiger partial charge in [-0.1, -0.05) is 38.5 Å². The third-order valence-corrected chi connectivity index (χ3v) is 6.06. The highest BCUT2D eigenvalue weighted by atomic mass is 16.5. The van der Waals surface area contributed by atoms with E-state index >= 15 is 0 Å². The Labute approximate surface area is 144 Å². The lowest BCUT2D eigenvalue weighted by Gasteiger charge is -2.34. The Morgan fingerprint density at radius 2 is 2.12 bits per heavy atom. The molecule has 1 unspecified atom stereocenters. The Hall–Kier alpha value is -1.64. The molecule has 0 heterocycles. The van der Waals surface area contributed by atoms with E-state index in [2.05, 4.69) is 32.9 Å². The van der Waals surface area contributed by atoms with E-state index in [-0.39, 0.29) is 17.5 Å². The van der Waals surface area contributed by atoms with Crippen molar-refractivity contribution in [2.75, 3.05) is 0 Å². The van der Waals surface area contributed by atoms with Crippen LogP contribution in [0.25, 0.3) is 0 Å². The van der Waals surface area contributed by atoms with E-state index in [0.717, 1.165) is 55.1 Å². The van der Waals surface area contributed by atoms with Crippen LogP contribution in [0.4, 0.5) is 0 Å². The molecule has 3 atom stereocenters. The molecule has 0 aromatic rings. The fourth-order valence-electron chi connectivity index (χ4n) is 4.86. The van der Waals surface area contributed by atoms with Crippen molar-refractivity contribution in [2.45, 2.75) is 65.9 Å². The molecular weight excluding hydrogens is 300 g/mol. The van der Waals surface area contributed by atoms with Crippen LogP contribution >= 0.6 is 0 Å². The largest absolute Gasteiger partial charge is 0.458 e. The first-order valence-corrected chi connectivity index (χ1v) is 9.10. The van der Waals surface area contributed by atoms with Gasteiger partial charge in [-0.15, -0.1) is 0 Å². The Balaban J connectivity index is 2.07. The van der Waals surface area contributed by atoms with E-state index < -0.39 is 0 Å². The minimum absolute atomic E-state index is 0.120. The molecule has 0 aromatic heterocycles. The van der Waals surface area contributed by atoms with Gasteiger partial charge in [0.05, 0.1) is 0 Å². The van der Waals surface area contributed by atoms with Gasteiger partial charge in [-0.05, 0) is 66.1 Å². The predicted molar refractivity (Wildman–Crippen MR) is 94.3 cm³/mol. The van der Waals surface area contributed by atoms with Crippen molar-refractivity contribution in [3.63, 3.8) is 0 Å². The lowest BCUT2D eigenvalue weighted by atomic mass is 9.70. The summed E-state index contributed by atoms with van der Waals surface area (Å²) in [7, 11) is 0. The van der Waals surface area contributed by atoms with Crippen LogP contribution in [0.5, 0.6) is 0 Å². The van der Waals surface area contributed by atoms with Crippen molar-refractivity contribution in [3.05, 3.63) is 34.4 Å². The molecule has 0 bridgehead atoms. The highest BCUT2D eigenvalue weighted by Gasteiger charge is 2.47. The standard InChI is InChI=1S/C21H28O3/c1-13(2)16-8-9-21(4)11-18-15(12-22)6-5-7-17(18)20(10-19(16)21)24-14(3)23/h7-8,12-13,19-20H,5-6,9-11H2,1-4H3/t19-,20?,21+/m0/s1. The molecular formula is C21H28O3. The van der Waals surface area contributed by atoms with E-state index in [9.17, 15) is 9.59 Å². The maximum atomic E-state index is 11.7. The molecule has 0 N–H and O–H groups in total. The first kappa shape index (κ1) is 17.2. The van der Waals surface area contributed by atoms with Gasteiger partial charge in [-0.3, -0.25) is 9.59 Å². The first-order chi connectivity index (χ1) is 11.4. The number of carbonyl (C=O) groups excluding carboxylic acids is 2. The summed E-state index contributed by atoms with van der Waals surface area (Å²) in [6.07, 6.45) is 9.82. The summed E-state index contributed by atoms with van der Waals surface area (Å²) >= 11 is 0. The fourth-order valence-corrected chi connectivity index (χ4v) is 4.86. The number of rotatable bonds is 3. The number of aldehydes is 1. The normalized spacial score (nSPS) is 32.5. The summed E-state index contributed by atoms with van der Waals surface area (Å²) in [4.78, 5) is 23.3. The van der Waals surface area contributed by atoms with Gasteiger partial charge in [0.25, 0.3) is 0 Å². The van der Waals surface area contributed by atoms with Gasteiger partial charge < -0.3 is 4.74 Å². The van der Waals surface area contributed by atoms with E-state index in [1.165, 1.54) is 12.5 Å². The molecule has 3 aliphatic carbocycles. The van der Waals surface area contributed by atoms with Crippen LogP contribution in [0.1, 0.15) is 59.8 Å². The number of allylic oxidation sites excluding steroid dienone is 4. The van der Waals surface area contributed by atoms with Crippen molar-refractivity contribution < 1.29 is 14.3 Å². The van der Waals surface area contributed by atoms with Crippen LogP contribution in [0.3, 0.4) is 0 Å². The molecule has 3 rings (SSSR count). The van der Waals surface area contributed by atoms with Crippen molar-refractivity contribution in [1.82, 2.24) is 0 Å². The quantitative estimate of drug-likeness (QED) is 0.434. The van der Waals surface area contributed by atoms with Gasteiger partial charge in [-0.2, -0.15) is 0 Å². The second kappa shape index (κ2) is 6.34. The molecule has 1 fully saturated rings. The highest BCUT2D eigenvalue weighted by Crippen LogP contribution is 2.56. The second-order valence-corrected chi connectivity index (χ2v) is 8.10. The summed E-state index contributed by atoms with van der Waals surface area (Å²) in [6, 6.07) is 0. The van der Waals surface area contributed by atoms with E-state index in [1.54, 1.807) is 0 Å². The predicted octanol–water partition coefficient (Wildman–Crippen LogP) is 4.54. The molecule has 0 amide bonds. The average Bonchev–Trinajstić information content (AvgIpc) is 2.77. The van der Waals surface area contributed by atoms with Gasteiger partial charge in [-0.25, -0.2) is 0 Å². The number of fused-ring (bicyclic) bond motifs is 2. The summed E-state index contributed by atoms with van der Waals surface area (Å²) in [5.74, 6) is 0.673. The van der Waals surface area contributed by atoms with Gasteiger partial charge in [0.2, 0.25) is 0 Å². The zero-order chi connectivity index (χ0) is 17.5. The number of carbonyl (C=O) groups is 2. The lowest BCUT2D eigenvalue weighted by molar-refractivity contribution is -0.145. The number of esters is 1. The molecule has 0 aromatic carbocycles. The molecule has 0 saturated heterocycles. The van der Waals surface area contributed by atoms with Gasteiger partial charge in [0.15, 0.2) is 0 Å². The molecule has 3 nitrogen and oxygen atoms in total. The Bertz CT molecular complexity index is 650. The van der Waals surface area contributed by atoms with Crippen molar-refractivity contribution in [3.8, 4) is 0 Å². The molecule has 3 aliphatic rings. The van der Waals surface area contributed by atoms with Crippen LogP contribution in [-0.4, -0.2) is 18.4 Å². The fraction of sp³-hybridized carbons (Fsp3) is 0.619. The second-order valence-electron chi connectivity index (χ2n) is 8.10. The van der Waals surface area contributed by atoms with Gasteiger partial charge >= 0.3 is 5.97 Å². The third-order valence-electron chi connectivity index (χ3n) is 6.06. The topological polar surface area (TPSA) is 43.4 Å². The molecule has 0 radical (unpaired) electrons. The number of hydrogen-bond acceptors (Lipinski definition) is 3. The summed E-state index contributed by atoms with van der Waals surface area (Å²) in [5.41, 5.74) is 4.75. The summed E-state index contributed by atoms with van der Waals surface area (Å²) in [5, 5.41) is 0. The average molecular weight is 328 g/mol. The SMILES string of the molecule is CC(=O)OC1C[C@H]2C(C(C)C)=CC[C@]2(C)CC2=C(C=O)CCC=C21. The lowest BCUT2D eigenvalue weighted by Crippen LogP contribution is -2.28. The van der Waals surface area contributed by atoms with Crippen molar-refractivity contribution in [2.24, 2.45) is 17.3 Å². The maximum Gasteiger partial charge on any atom is 0.303 e. The van der Waals surface area contributed by atoms with Crippen molar-refractivity contribution >= 4 is 12.3 Å². The zero-order valence-corrected chi connectivity index (χ0v) is 15.2. The number of hydrogen-bond donors (Lipinski definition) is 0. The van der Waals surface area contributed by atoms with Crippen LogP contribution in [0.15, 0.2) is 34.4 Å². The van der Waals surface area contributed by atoms with E-state index in [0.29, 0.717) is 11.8 Å². The van der Waals surface area contributed by atoms with Crippen LogP contribution in [0, 0.1) is 17.3 Å². The maximum absolute atomic E-state index is 11.7. The van der Waals surface area contributed by atoms with Crippen molar-refractivity contribution in [1.29, 1.82) is 0 Å². The van der Waals surface area contributed by atoms with E-state index in [1.807, 2.05) is 0 Å². The molecule has 0 spiro atoms. The number of ether oxygens (including phenoxy) is 1. The van der Waals surface area contributed by atoms with Gasteiger partial charge in [0, 0.05) is 6.92 Å². The smallest absolute Gasteiger partial charge is 0.303 e. The third kappa shape index (κ3) is 2.89. The van der Waals surface area contributed by atoms with E-state index in [4.69, 9.17) is 4.74 Å². The zero-order valence-electron chi connectivity index (χ0n) is 15.2. The molecule has 24 heavy (non-hydrogen) atoms.